The van der Waals surface area contributed by atoms with Crippen LogP contribution in [0.15, 0.2) is 0 Å². The van der Waals surface area contributed by atoms with E-state index in [0.717, 1.165) is 57.8 Å². The molecule has 1 unspecified atom stereocenters. The van der Waals surface area contributed by atoms with Crippen molar-refractivity contribution in [2.24, 2.45) is 5.41 Å². The number of hydrogen-bond acceptors (Lipinski definition) is 19. The zero-order valence-corrected chi connectivity index (χ0v) is 57.2. The highest BCUT2D eigenvalue weighted by atomic mass is 16.6. The Morgan fingerprint density at radius 2 is 0.711 bits per heavy atom. The lowest BCUT2D eigenvalue weighted by molar-refractivity contribution is -0.149. The molecule has 4 N–H and O–H groups in total. The van der Waals surface area contributed by atoms with Gasteiger partial charge in [-0.3, -0.25) is 24.0 Å². The number of carbonyl (C=O) groups excluding carboxylic acids is 4. The van der Waals surface area contributed by atoms with Gasteiger partial charge in [0.05, 0.1) is 165 Å². The smallest absolute Gasteiger partial charge is 0.326 e. The van der Waals surface area contributed by atoms with Gasteiger partial charge in [-0.05, 0) is 59.3 Å². The number of aliphatic carboxylic acids is 2. The standard InChI is InChI=1S/C66H126N4O20/c1-65(2,3)63(76)57(68-66(4,5)6)25-23-24-31-67-59(71)30-33-79-35-37-81-39-41-83-43-45-85-47-49-87-51-53-89-55-56-90-54-52-88-50-48-86-46-44-84-42-40-82-38-36-80-34-32-69(7)60(72)29-28-58(64(77)78)70(8)61(73)26-21-19-17-15-13-11-9-10-12-14-16-18-20-22-27-62(74)75/h57-58,68H,9-56H2,1-8H3,(H,67,71)(H,74,75)(H,77,78)/t57?,58-/m0/s1. The maximum Gasteiger partial charge on any atom is 0.326 e. The number of carboxylic acid groups (broad SMARTS) is 2. The maximum atomic E-state index is 12.9. The highest BCUT2D eigenvalue weighted by Crippen LogP contribution is 2.21. The van der Waals surface area contributed by atoms with Crippen molar-refractivity contribution >= 4 is 35.4 Å². The van der Waals surface area contributed by atoms with Gasteiger partial charge in [0, 0.05) is 63.8 Å². The van der Waals surface area contributed by atoms with E-state index < -0.39 is 23.4 Å². The molecule has 0 aliphatic rings. The Bertz CT molecular complexity index is 1740. The highest BCUT2D eigenvalue weighted by molar-refractivity contribution is 5.88. The molecule has 0 aliphatic carbocycles. The predicted molar refractivity (Wildman–Crippen MR) is 345 cm³/mol. The third-order valence-corrected chi connectivity index (χ3v) is 14.3. The van der Waals surface area contributed by atoms with E-state index in [-0.39, 0.29) is 60.8 Å². The molecule has 0 aliphatic heterocycles. The first-order valence-corrected chi connectivity index (χ1v) is 33.7. The van der Waals surface area contributed by atoms with Crippen LogP contribution in [-0.4, -0.2) is 259 Å². The number of carbonyl (C=O) groups is 6. The number of ketones is 1. The summed E-state index contributed by atoms with van der Waals surface area (Å²) in [5.74, 6) is -2.10. The van der Waals surface area contributed by atoms with Crippen LogP contribution >= 0.6 is 0 Å². The SMILES string of the molecule is CN(CCOCCOCCOCCOCCOCCOCCOCCOCCOCCOCCOCCOCCC(=O)NCCCCC(NC(C)(C)C)C(=O)C(C)(C)C)C(=O)CC[C@@H](C(=O)O)N(C)C(=O)CCCCCCCCCCCCCCCCC(=O)O. The summed E-state index contributed by atoms with van der Waals surface area (Å²) in [4.78, 5) is 76.0. The minimum atomic E-state index is -1.12. The van der Waals surface area contributed by atoms with Gasteiger partial charge in [-0.2, -0.15) is 0 Å². The molecule has 0 heterocycles. The molecule has 24 nitrogen and oxygen atoms in total. The molecular formula is C66H126N4O20. The molecule has 530 valence electrons. The van der Waals surface area contributed by atoms with Crippen molar-refractivity contribution in [2.75, 3.05) is 186 Å². The van der Waals surface area contributed by atoms with E-state index in [2.05, 4.69) is 31.4 Å². The van der Waals surface area contributed by atoms with E-state index in [1.165, 1.54) is 61.8 Å². The van der Waals surface area contributed by atoms with Crippen LogP contribution in [0.3, 0.4) is 0 Å². The van der Waals surface area contributed by atoms with Crippen molar-refractivity contribution < 1.29 is 95.8 Å². The zero-order valence-electron chi connectivity index (χ0n) is 57.2. The molecule has 0 saturated heterocycles. The Kier molecular flexibility index (Phi) is 58.1. The molecular weight excluding hydrogens is 1170 g/mol. The van der Waals surface area contributed by atoms with Crippen LogP contribution in [0.2, 0.25) is 0 Å². The molecule has 0 aromatic heterocycles. The first-order valence-electron chi connectivity index (χ1n) is 33.7. The van der Waals surface area contributed by atoms with Gasteiger partial charge < -0.3 is 87.5 Å². The molecule has 0 fully saturated rings. The van der Waals surface area contributed by atoms with Gasteiger partial charge >= 0.3 is 11.9 Å². The van der Waals surface area contributed by atoms with E-state index in [1.54, 1.807) is 7.05 Å². The molecule has 0 bridgehead atoms. The van der Waals surface area contributed by atoms with Gasteiger partial charge in [0.2, 0.25) is 17.7 Å². The van der Waals surface area contributed by atoms with Crippen LogP contribution in [0, 0.1) is 5.41 Å². The Morgan fingerprint density at radius 1 is 0.378 bits per heavy atom. The molecule has 0 spiro atoms. The summed E-state index contributed by atoms with van der Waals surface area (Å²) >= 11 is 0. The van der Waals surface area contributed by atoms with Gasteiger partial charge in [0.1, 0.15) is 6.04 Å². The molecule has 0 aromatic carbocycles. The molecule has 2 atom stereocenters. The maximum absolute atomic E-state index is 12.9. The predicted octanol–water partition coefficient (Wildman–Crippen LogP) is 7.71. The molecule has 0 rings (SSSR count). The number of nitrogens with one attached hydrogen (secondary N) is 2. The third-order valence-electron chi connectivity index (χ3n) is 14.3. The molecule has 3 amide bonds. The number of carboxylic acids is 2. The fourth-order valence-electron chi connectivity index (χ4n) is 9.07. The largest absolute Gasteiger partial charge is 0.481 e. The molecule has 90 heavy (non-hydrogen) atoms. The van der Waals surface area contributed by atoms with Crippen LogP contribution in [-0.2, 0) is 85.6 Å². The number of Topliss-reactive ketones (excluding diaryl/α,β-unsaturated/α-hetero) is 1. The van der Waals surface area contributed by atoms with Crippen molar-refractivity contribution in [3.8, 4) is 0 Å². The second-order valence-electron chi connectivity index (χ2n) is 24.6. The summed E-state index contributed by atoms with van der Waals surface area (Å²) in [6, 6.07) is -1.27. The monoisotopic (exact) mass is 1290 g/mol. The van der Waals surface area contributed by atoms with Gasteiger partial charge in [0.25, 0.3) is 0 Å². The lowest BCUT2D eigenvalue weighted by Crippen LogP contribution is -2.50. The van der Waals surface area contributed by atoms with Crippen molar-refractivity contribution in [1.82, 2.24) is 20.4 Å². The van der Waals surface area contributed by atoms with Crippen LogP contribution < -0.4 is 10.6 Å². The first-order chi connectivity index (χ1) is 43.3. The topological polar surface area (TPSA) is 284 Å². The Balaban J connectivity index is 3.51. The average Bonchev–Trinajstić information content (AvgIpc) is 1.66. The summed E-state index contributed by atoms with van der Waals surface area (Å²) in [5, 5.41) is 24.9. The summed E-state index contributed by atoms with van der Waals surface area (Å²) in [7, 11) is 3.15. The molecule has 24 heteroatoms. The summed E-state index contributed by atoms with van der Waals surface area (Å²) < 4.78 is 66.4. The van der Waals surface area contributed by atoms with Gasteiger partial charge in [-0.25, -0.2) is 4.79 Å². The van der Waals surface area contributed by atoms with Crippen LogP contribution in [0.5, 0.6) is 0 Å². The van der Waals surface area contributed by atoms with Crippen LogP contribution in [0.4, 0.5) is 0 Å². The Hall–Kier alpha value is -3.50. The van der Waals surface area contributed by atoms with E-state index >= 15 is 0 Å². The lowest BCUT2D eigenvalue weighted by atomic mass is 9.84. The molecule has 0 aromatic rings. The summed E-state index contributed by atoms with van der Waals surface area (Å²) in [6.45, 7) is 23.1. The van der Waals surface area contributed by atoms with E-state index in [9.17, 15) is 33.9 Å². The first kappa shape index (κ1) is 86.5. The zero-order chi connectivity index (χ0) is 66.6. The number of ether oxygens (including phenoxy) is 12. The number of nitrogens with zero attached hydrogens (tertiary/aromatic N) is 2. The quantitative estimate of drug-likeness (QED) is 0.0424. The number of likely N-dealkylation sites (N-methyl/N-ethyl adjacent to an activating group) is 2. The highest BCUT2D eigenvalue weighted by Gasteiger charge is 2.32. The second kappa shape index (κ2) is 60.4. The molecule has 0 radical (unpaired) electrons. The minimum Gasteiger partial charge on any atom is -0.481 e. The fraction of sp³-hybridized carbons (Fsp3) is 0.909. The number of unbranched alkanes of at least 4 members (excludes halogenated alkanes) is 14. The van der Waals surface area contributed by atoms with E-state index in [0.29, 0.717) is 184 Å². The number of hydrogen-bond donors (Lipinski definition) is 4. The number of rotatable bonds is 68. The summed E-state index contributed by atoms with van der Waals surface area (Å²) in [6.07, 6.45) is 18.5. The lowest BCUT2D eigenvalue weighted by Gasteiger charge is -2.31. The van der Waals surface area contributed by atoms with Gasteiger partial charge in [0.15, 0.2) is 5.78 Å². The summed E-state index contributed by atoms with van der Waals surface area (Å²) in [5.41, 5.74) is -0.563. The van der Waals surface area contributed by atoms with Crippen molar-refractivity contribution in [2.45, 2.75) is 200 Å². The third kappa shape index (κ3) is 58.3. The van der Waals surface area contributed by atoms with Gasteiger partial charge in [-0.1, -0.05) is 97.8 Å². The molecule has 0 saturated carbocycles. The minimum absolute atomic E-state index is 0.00453. The van der Waals surface area contributed by atoms with Gasteiger partial charge in [-0.15, -0.1) is 0 Å². The van der Waals surface area contributed by atoms with Crippen LogP contribution in [0.25, 0.3) is 0 Å². The van der Waals surface area contributed by atoms with Crippen molar-refractivity contribution in [1.29, 1.82) is 0 Å². The van der Waals surface area contributed by atoms with E-state index in [4.69, 9.17) is 61.9 Å². The Morgan fingerprint density at radius 3 is 1.04 bits per heavy atom. The number of amides is 3. The Labute approximate surface area is 541 Å². The van der Waals surface area contributed by atoms with E-state index in [1.807, 2.05) is 20.8 Å². The average molecular weight is 1300 g/mol. The van der Waals surface area contributed by atoms with Crippen LogP contribution in [0.1, 0.15) is 183 Å². The van der Waals surface area contributed by atoms with Crippen molar-refractivity contribution in [3.63, 3.8) is 0 Å². The fourth-order valence-corrected chi connectivity index (χ4v) is 9.07. The normalized spacial score (nSPS) is 12.5. The second-order valence-corrected chi connectivity index (χ2v) is 24.6. The van der Waals surface area contributed by atoms with Crippen molar-refractivity contribution in [3.05, 3.63) is 0 Å².